The summed E-state index contributed by atoms with van der Waals surface area (Å²) in [6, 6.07) is 7.76. The van der Waals surface area contributed by atoms with Gasteiger partial charge in [0, 0.05) is 24.3 Å². The van der Waals surface area contributed by atoms with Crippen molar-refractivity contribution in [3.8, 4) is 0 Å². The zero-order valence-corrected chi connectivity index (χ0v) is 19.6. The van der Waals surface area contributed by atoms with Gasteiger partial charge in [0.2, 0.25) is 21.8 Å². The fraction of sp³-hybridized carbons (Fsp3) is 0.391. The van der Waals surface area contributed by atoms with Crippen LogP contribution in [-0.4, -0.2) is 32.3 Å². The molecule has 0 unspecified atom stereocenters. The SMILES string of the molecule is CC(=O)N1c2ccc(S(=O)(=O)N[C@H](C(=O)Nc3ccc(C)c(F)c3)C(C)C)cc2C[C@@H]1C. The monoisotopic (exact) mass is 461 g/mol. The summed E-state index contributed by atoms with van der Waals surface area (Å²) in [6.07, 6.45) is 0.547. The number of fused-ring (bicyclic) bond motifs is 1. The van der Waals surface area contributed by atoms with E-state index in [1.807, 2.05) is 6.92 Å². The van der Waals surface area contributed by atoms with E-state index in [9.17, 15) is 22.4 Å². The summed E-state index contributed by atoms with van der Waals surface area (Å²) in [5, 5.41) is 2.58. The molecule has 2 amide bonds. The Balaban J connectivity index is 1.83. The fourth-order valence-electron chi connectivity index (χ4n) is 3.87. The predicted molar refractivity (Wildman–Crippen MR) is 121 cm³/mol. The predicted octanol–water partition coefficient (Wildman–Crippen LogP) is 3.37. The summed E-state index contributed by atoms with van der Waals surface area (Å²) in [4.78, 5) is 26.4. The molecule has 2 atom stereocenters. The Kier molecular flexibility index (Phi) is 6.71. The molecule has 32 heavy (non-hydrogen) atoms. The van der Waals surface area contributed by atoms with Gasteiger partial charge < -0.3 is 10.2 Å². The second-order valence-corrected chi connectivity index (χ2v) is 10.2. The molecule has 0 saturated heterocycles. The third-order valence-corrected chi connectivity index (χ3v) is 7.03. The number of carbonyl (C=O) groups excluding carboxylic acids is 2. The van der Waals surface area contributed by atoms with E-state index >= 15 is 0 Å². The highest BCUT2D eigenvalue weighted by atomic mass is 32.2. The van der Waals surface area contributed by atoms with Crippen LogP contribution in [0.5, 0.6) is 0 Å². The first-order valence-corrected chi connectivity index (χ1v) is 11.9. The van der Waals surface area contributed by atoms with Crippen molar-refractivity contribution < 1.29 is 22.4 Å². The zero-order chi connectivity index (χ0) is 23.8. The van der Waals surface area contributed by atoms with Crippen LogP contribution in [0.4, 0.5) is 15.8 Å². The quantitative estimate of drug-likeness (QED) is 0.690. The molecule has 0 bridgehead atoms. The Morgan fingerprint density at radius 3 is 2.44 bits per heavy atom. The van der Waals surface area contributed by atoms with Crippen molar-refractivity contribution in [3.63, 3.8) is 0 Å². The van der Waals surface area contributed by atoms with Crippen LogP contribution in [0.15, 0.2) is 41.3 Å². The Bertz CT molecular complexity index is 1160. The number of anilines is 2. The van der Waals surface area contributed by atoms with Crippen molar-refractivity contribution >= 4 is 33.2 Å². The van der Waals surface area contributed by atoms with Crippen LogP contribution in [0.25, 0.3) is 0 Å². The van der Waals surface area contributed by atoms with Crippen LogP contribution in [0, 0.1) is 18.7 Å². The number of amides is 2. The topological polar surface area (TPSA) is 95.6 Å². The average Bonchev–Trinajstić information content (AvgIpc) is 3.03. The first-order valence-electron chi connectivity index (χ1n) is 10.4. The molecule has 1 aliphatic heterocycles. The molecule has 0 radical (unpaired) electrons. The fourth-order valence-corrected chi connectivity index (χ4v) is 5.27. The number of nitrogens with zero attached hydrogens (tertiary/aromatic N) is 1. The number of benzene rings is 2. The van der Waals surface area contributed by atoms with Gasteiger partial charge in [0.15, 0.2) is 0 Å². The van der Waals surface area contributed by atoms with Gasteiger partial charge in [-0.2, -0.15) is 4.72 Å². The zero-order valence-electron chi connectivity index (χ0n) is 18.8. The Hall–Kier alpha value is -2.78. The molecule has 0 saturated carbocycles. The molecule has 3 rings (SSSR count). The molecule has 9 heteroatoms. The van der Waals surface area contributed by atoms with E-state index in [4.69, 9.17) is 0 Å². The van der Waals surface area contributed by atoms with Gasteiger partial charge in [-0.1, -0.05) is 19.9 Å². The lowest BCUT2D eigenvalue weighted by Gasteiger charge is -2.22. The number of aryl methyl sites for hydroxylation is 1. The van der Waals surface area contributed by atoms with E-state index in [2.05, 4.69) is 10.0 Å². The van der Waals surface area contributed by atoms with Gasteiger partial charge in [-0.05, 0) is 67.6 Å². The normalized spacial score (nSPS) is 16.7. The number of sulfonamides is 1. The Labute approximate surface area is 188 Å². The van der Waals surface area contributed by atoms with Gasteiger partial charge in [0.1, 0.15) is 11.9 Å². The largest absolute Gasteiger partial charge is 0.325 e. The lowest BCUT2D eigenvalue weighted by atomic mass is 10.0. The third-order valence-electron chi connectivity index (χ3n) is 5.59. The van der Waals surface area contributed by atoms with Crippen LogP contribution in [0.2, 0.25) is 0 Å². The molecule has 2 aromatic rings. The van der Waals surface area contributed by atoms with Crippen LogP contribution in [0.1, 0.15) is 38.8 Å². The van der Waals surface area contributed by atoms with Gasteiger partial charge in [-0.25, -0.2) is 12.8 Å². The smallest absolute Gasteiger partial charge is 0.242 e. The second kappa shape index (κ2) is 8.99. The highest BCUT2D eigenvalue weighted by molar-refractivity contribution is 7.89. The first-order chi connectivity index (χ1) is 14.9. The van der Waals surface area contributed by atoms with Crippen LogP contribution < -0.4 is 14.9 Å². The molecule has 0 aromatic heterocycles. The van der Waals surface area contributed by atoms with Crippen molar-refractivity contribution in [2.75, 3.05) is 10.2 Å². The van der Waals surface area contributed by atoms with Crippen molar-refractivity contribution in [2.24, 2.45) is 5.92 Å². The van der Waals surface area contributed by atoms with E-state index in [1.54, 1.807) is 43.9 Å². The maximum Gasteiger partial charge on any atom is 0.242 e. The number of halogens is 1. The average molecular weight is 462 g/mol. The molecule has 1 aliphatic rings. The molecule has 1 heterocycles. The molecule has 2 aromatic carbocycles. The van der Waals surface area contributed by atoms with E-state index in [-0.39, 0.29) is 28.4 Å². The summed E-state index contributed by atoms with van der Waals surface area (Å²) < 4.78 is 42.4. The standard InChI is InChI=1S/C23H28FN3O4S/c1-13(2)22(23(29)25-18-7-6-14(3)20(24)12-18)26-32(30,31)19-8-9-21-17(11-19)10-15(4)27(21)16(5)28/h6-9,11-13,15,22,26H,10H2,1-5H3,(H,25,29)/t15-,22-/m0/s1. The number of rotatable bonds is 6. The van der Waals surface area contributed by atoms with Crippen LogP contribution >= 0.6 is 0 Å². The summed E-state index contributed by atoms with van der Waals surface area (Å²) in [6.45, 7) is 8.43. The molecule has 2 N–H and O–H groups in total. The van der Waals surface area contributed by atoms with Crippen molar-refractivity contribution in [1.82, 2.24) is 4.72 Å². The van der Waals surface area contributed by atoms with Gasteiger partial charge in [-0.3, -0.25) is 9.59 Å². The minimum Gasteiger partial charge on any atom is -0.325 e. The molecule has 7 nitrogen and oxygen atoms in total. The van der Waals surface area contributed by atoms with Crippen molar-refractivity contribution in [3.05, 3.63) is 53.3 Å². The molecule has 0 fully saturated rings. The summed E-state index contributed by atoms with van der Waals surface area (Å²) in [7, 11) is -4.02. The van der Waals surface area contributed by atoms with E-state index in [1.165, 1.54) is 25.1 Å². The maximum atomic E-state index is 13.8. The van der Waals surface area contributed by atoms with Crippen LogP contribution in [-0.2, 0) is 26.0 Å². The third kappa shape index (κ3) is 4.83. The summed E-state index contributed by atoms with van der Waals surface area (Å²) >= 11 is 0. The van der Waals surface area contributed by atoms with E-state index in [0.29, 0.717) is 17.7 Å². The van der Waals surface area contributed by atoms with Crippen molar-refractivity contribution in [1.29, 1.82) is 0 Å². The minimum atomic E-state index is -4.02. The number of hydrogen-bond acceptors (Lipinski definition) is 4. The summed E-state index contributed by atoms with van der Waals surface area (Å²) in [5.74, 6) is -1.50. The molecule has 172 valence electrons. The lowest BCUT2D eigenvalue weighted by molar-refractivity contribution is -0.118. The lowest BCUT2D eigenvalue weighted by Crippen LogP contribution is -2.47. The van der Waals surface area contributed by atoms with Crippen LogP contribution in [0.3, 0.4) is 0 Å². The molecule has 0 aliphatic carbocycles. The van der Waals surface area contributed by atoms with Crippen molar-refractivity contribution in [2.45, 2.75) is 58.0 Å². The van der Waals surface area contributed by atoms with Gasteiger partial charge in [-0.15, -0.1) is 0 Å². The number of carbonyl (C=O) groups is 2. The summed E-state index contributed by atoms with van der Waals surface area (Å²) in [5.41, 5.74) is 2.15. The van der Waals surface area contributed by atoms with E-state index < -0.39 is 27.8 Å². The second-order valence-electron chi connectivity index (χ2n) is 8.53. The van der Waals surface area contributed by atoms with Gasteiger partial charge >= 0.3 is 0 Å². The highest BCUT2D eigenvalue weighted by Gasteiger charge is 2.32. The molecular weight excluding hydrogens is 433 g/mol. The maximum absolute atomic E-state index is 13.8. The Morgan fingerprint density at radius 1 is 1.16 bits per heavy atom. The minimum absolute atomic E-state index is 0.0219. The van der Waals surface area contributed by atoms with E-state index in [0.717, 1.165) is 5.56 Å². The van der Waals surface area contributed by atoms with Gasteiger partial charge in [0.05, 0.1) is 4.90 Å². The number of nitrogens with one attached hydrogen (secondary N) is 2. The molecule has 0 spiro atoms. The molecular formula is C23H28FN3O4S. The number of hydrogen-bond donors (Lipinski definition) is 2. The highest BCUT2D eigenvalue weighted by Crippen LogP contribution is 2.34. The Morgan fingerprint density at radius 2 is 1.84 bits per heavy atom. The van der Waals surface area contributed by atoms with Gasteiger partial charge in [0.25, 0.3) is 0 Å². The first kappa shape index (κ1) is 23.9.